The number of hydrogen-bond acceptors (Lipinski definition) is 3. The normalized spacial score (nSPS) is 10.6. The van der Waals surface area contributed by atoms with Gasteiger partial charge in [-0.2, -0.15) is 0 Å². The molecule has 1 heterocycles. The van der Waals surface area contributed by atoms with E-state index in [-0.39, 0.29) is 0 Å². The van der Waals surface area contributed by atoms with Crippen LogP contribution in [0.5, 0.6) is 0 Å². The largest absolute Gasteiger partial charge is 0.370 e. The van der Waals surface area contributed by atoms with Crippen molar-refractivity contribution < 1.29 is 0 Å². The van der Waals surface area contributed by atoms with E-state index >= 15 is 0 Å². The molecule has 0 bridgehead atoms. The smallest absolute Gasteiger partial charge is 0.133 e. The van der Waals surface area contributed by atoms with Crippen molar-refractivity contribution in [3.63, 3.8) is 0 Å². The number of rotatable bonds is 5. The molecule has 0 amide bonds. The molecule has 0 atom stereocenters. The van der Waals surface area contributed by atoms with Crippen molar-refractivity contribution in [3.8, 4) is 11.3 Å². The molecule has 5 heteroatoms. The van der Waals surface area contributed by atoms with E-state index in [9.17, 15) is 0 Å². The molecule has 0 saturated carbocycles. The fourth-order valence-corrected chi connectivity index (χ4v) is 2.51. The molecule has 20 heavy (non-hydrogen) atoms. The van der Waals surface area contributed by atoms with E-state index in [1.165, 1.54) is 0 Å². The summed E-state index contributed by atoms with van der Waals surface area (Å²) < 4.78 is 0. The maximum Gasteiger partial charge on any atom is 0.133 e. The molecular formula is C15H17Cl2N3. The van der Waals surface area contributed by atoms with Crippen LogP contribution in [-0.2, 0) is 6.42 Å². The predicted molar refractivity (Wildman–Crippen MR) is 85.6 cm³/mol. The minimum atomic E-state index is 0.646. The average molecular weight is 310 g/mol. The molecule has 0 saturated heterocycles. The SMILES string of the molecule is CCCc1c(NCC)ncnc1-c1cc(Cl)ccc1Cl. The monoisotopic (exact) mass is 309 g/mol. The summed E-state index contributed by atoms with van der Waals surface area (Å²) >= 11 is 12.4. The van der Waals surface area contributed by atoms with Crippen molar-refractivity contribution in [2.24, 2.45) is 0 Å². The number of nitrogens with one attached hydrogen (secondary N) is 1. The molecule has 0 aliphatic carbocycles. The Labute approximate surface area is 129 Å². The fourth-order valence-electron chi connectivity index (χ4n) is 2.13. The van der Waals surface area contributed by atoms with Crippen LogP contribution in [0.3, 0.4) is 0 Å². The van der Waals surface area contributed by atoms with Gasteiger partial charge < -0.3 is 5.32 Å². The van der Waals surface area contributed by atoms with Crippen molar-refractivity contribution >= 4 is 29.0 Å². The molecule has 1 aromatic carbocycles. The highest BCUT2D eigenvalue weighted by molar-refractivity contribution is 6.35. The van der Waals surface area contributed by atoms with E-state index in [1.807, 2.05) is 13.0 Å². The first-order valence-corrected chi connectivity index (χ1v) is 7.46. The van der Waals surface area contributed by atoms with E-state index < -0.39 is 0 Å². The van der Waals surface area contributed by atoms with E-state index in [4.69, 9.17) is 23.2 Å². The minimum Gasteiger partial charge on any atom is -0.370 e. The number of halogens is 2. The Hall–Kier alpha value is -1.32. The summed E-state index contributed by atoms with van der Waals surface area (Å²) in [4.78, 5) is 8.75. The van der Waals surface area contributed by atoms with E-state index in [0.29, 0.717) is 10.0 Å². The van der Waals surface area contributed by atoms with Gasteiger partial charge in [0.05, 0.1) is 10.7 Å². The summed E-state index contributed by atoms with van der Waals surface area (Å²) in [6.45, 7) is 4.99. The third kappa shape index (κ3) is 3.22. The van der Waals surface area contributed by atoms with Crippen LogP contribution in [0.4, 0.5) is 5.82 Å². The maximum absolute atomic E-state index is 6.29. The molecule has 0 spiro atoms. The van der Waals surface area contributed by atoms with E-state index in [2.05, 4.69) is 22.2 Å². The number of aromatic nitrogens is 2. The zero-order valence-electron chi connectivity index (χ0n) is 11.6. The highest BCUT2D eigenvalue weighted by Gasteiger charge is 2.14. The lowest BCUT2D eigenvalue weighted by Gasteiger charge is -2.14. The molecule has 0 fully saturated rings. The zero-order valence-corrected chi connectivity index (χ0v) is 13.1. The first-order valence-electron chi connectivity index (χ1n) is 6.70. The minimum absolute atomic E-state index is 0.646. The van der Waals surface area contributed by atoms with Gasteiger partial charge in [0, 0.05) is 22.7 Å². The molecule has 1 aromatic heterocycles. The van der Waals surface area contributed by atoms with Crippen LogP contribution in [0.15, 0.2) is 24.5 Å². The molecule has 106 valence electrons. The Morgan fingerprint density at radius 2 is 1.95 bits per heavy atom. The Kier molecular flexibility index (Phi) is 5.21. The Balaban J connectivity index is 2.60. The lowest BCUT2D eigenvalue weighted by Crippen LogP contribution is -2.06. The van der Waals surface area contributed by atoms with Gasteiger partial charge in [0.1, 0.15) is 12.1 Å². The van der Waals surface area contributed by atoms with Crippen LogP contribution in [0.2, 0.25) is 10.0 Å². The first-order chi connectivity index (χ1) is 9.67. The number of benzene rings is 1. The van der Waals surface area contributed by atoms with Crippen molar-refractivity contribution in [1.82, 2.24) is 9.97 Å². The van der Waals surface area contributed by atoms with Gasteiger partial charge in [-0.3, -0.25) is 0 Å². The molecule has 2 rings (SSSR count). The highest BCUT2D eigenvalue weighted by atomic mass is 35.5. The Bertz CT molecular complexity index is 600. The summed E-state index contributed by atoms with van der Waals surface area (Å²) in [5, 5.41) is 4.57. The highest BCUT2D eigenvalue weighted by Crippen LogP contribution is 2.33. The van der Waals surface area contributed by atoms with Crippen molar-refractivity contribution in [2.45, 2.75) is 26.7 Å². The number of nitrogens with zero attached hydrogens (tertiary/aromatic N) is 2. The van der Waals surface area contributed by atoms with E-state index in [0.717, 1.165) is 42.0 Å². The molecule has 0 aliphatic rings. The molecule has 2 aromatic rings. The summed E-state index contributed by atoms with van der Waals surface area (Å²) in [6, 6.07) is 5.42. The third-order valence-corrected chi connectivity index (χ3v) is 3.54. The summed E-state index contributed by atoms with van der Waals surface area (Å²) in [5.41, 5.74) is 2.79. The molecule has 3 nitrogen and oxygen atoms in total. The average Bonchev–Trinajstić information content (AvgIpc) is 2.44. The van der Waals surface area contributed by atoms with Gasteiger partial charge in [0.25, 0.3) is 0 Å². The maximum atomic E-state index is 6.29. The lowest BCUT2D eigenvalue weighted by molar-refractivity contribution is 0.902. The van der Waals surface area contributed by atoms with Crippen LogP contribution >= 0.6 is 23.2 Å². The second-order valence-electron chi connectivity index (χ2n) is 4.45. The second kappa shape index (κ2) is 6.91. The van der Waals surface area contributed by atoms with Gasteiger partial charge in [-0.05, 0) is 31.5 Å². The van der Waals surface area contributed by atoms with E-state index in [1.54, 1.807) is 18.5 Å². The lowest BCUT2D eigenvalue weighted by atomic mass is 10.0. The van der Waals surface area contributed by atoms with Crippen LogP contribution in [0.25, 0.3) is 11.3 Å². The van der Waals surface area contributed by atoms with Crippen LogP contribution in [-0.4, -0.2) is 16.5 Å². The number of anilines is 1. The number of hydrogen-bond donors (Lipinski definition) is 1. The fraction of sp³-hybridized carbons (Fsp3) is 0.333. The molecule has 0 radical (unpaired) electrons. The summed E-state index contributed by atoms with van der Waals surface area (Å²) in [5.74, 6) is 0.871. The van der Waals surface area contributed by atoms with Gasteiger partial charge in [-0.25, -0.2) is 9.97 Å². The Morgan fingerprint density at radius 3 is 2.65 bits per heavy atom. The van der Waals surface area contributed by atoms with Crippen LogP contribution in [0.1, 0.15) is 25.8 Å². The van der Waals surface area contributed by atoms with Crippen molar-refractivity contribution in [3.05, 3.63) is 40.1 Å². The van der Waals surface area contributed by atoms with Crippen molar-refractivity contribution in [1.29, 1.82) is 0 Å². The second-order valence-corrected chi connectivity index (χ2v) is 5.30. The summed E-state index contributed by atoms with van der Waals surface area (Å²) in [7, 11) is 0. The van der Waals surface area contributed by atoms with Gasteiger partial charge >= 0.3 is 0 Å². The predicted octanol–water partition coefficient (Wildman–Crippen LogP) is 4.83. The van der Waals surface area contributed by atoms with Gasteiger partial charge in [0.15, 0.2) is 0 Å². The molecule has 1 N–H and O–H groups in total. The van der Waals surface area contributed by atoms with Gasteiger partial charge in [0.2, 0.25) is 0 Å². The van der Waals surface area contributed by atoms with Crippen molar-refractivity contribution in [2.75, 3.05) is 11.9 Å². The van der Waals surface area contributed by atoms with Crippen LogP contribution < -0.4 is 5.32 Å². The molecule has 0 aliphatic heterocycles. The standard InChI is InChI=1S/C15H17Cl2N3/c1-3-5-11-14(19-9-20-15(11)18-4-2)12-8-10(16)6-7-13(12)17/h6-9H,3-5H2,1-2H3,(H,18,19,20). The molecule has 0 unspecified atom stereocenters. The topological polar surface area (TPSA) is 37.8 Å². The Morgan fingerprint density at radius 1 is 1.15 bits per heavy atom. The van der Waals surface area contributed by atoms with Gasteiger partial charge in [-0.1, -0.05) is 36.5 Å². The zero-order chi connectivity index (χ0) is 14.5. The van der Waals surface area contributed by atoms with Crippen LogP contribution in [0, 0.1) is 0 Å². The molecular weight excluding hydrogens is 293 g/mol. The quantitative estimate of drug-likeness (QED) is 0.859. The third-order valence-electron chi connectivity index (χ3n) is 2.97. The summed E-state index contributed by atoms with van der Waals surface area (Å²) in [6.07, 6.45) is 3.46. The van der Waals surface area contributed by atoms with Gasteiger partial charge in [-0.15, -0.1) is 0 Å². The first kappa shape index (κ1) is 15.1.